The molecule has 0 radical (unpaired) electrons. The van der Waals surface area contributed by atoms with Crippen LogP contribution in [0.1, 0.15) is 30.6 Å². The van der Waals surface area contributed by atoms with E-state index in [0.29, 0.717) is 18.7 Å². The van der Waals surface area contributed by atoms with Gasteiger partial charge in [0.15, 0.2) is 17.9 Å². The van der Waals surface area contributed by atoms with Gasteiger partial charge in [0, 0.05) is 18.3 Å². The van der Waals surface area contributed by atoms with Gasteiger partial charge in [-0.25, -0.2) is 8.78 Å². The van der Waals surface area contributed by atoms with E-state index >= 15 is 0 Å². The molecule has 1 aromatic heterocycles. The number of nitrogens with zero attached hydrogens (tertiary/aromatic N) is 2. The van der Waals surface area contributed by atoms with Gasteiger partial charge >= 0.3 is 0 Å². The highest BCUT2D eigenvalue weighted by atomic mass is 19.2. The molecule has 106 valence electrons. The van der Waals surface area contributed by atoms with Crippen molar-refractivity contribution in [2.24, 2.45) is 5.92 Å². The first-order valence-corrected chi connectivity index (χ1v) is 6.50. The fraction of sp³-hybridized carbons (Fsp3) is 0.333. The molecule has 0 saturated heterocycles. The van der Waals surface area contributed by atoms with E-state index < -0.39 is 11.6 Å². The monoisotopic (exact) mass is 278 g/mol. The van der Waals surface area contributed by atoms with E-state index in [0.717, 1.165) is 12.5 Å². The van der Waals surface area contributed by atoms with Crippen LogP contribution in [0.15, 0.2) is 24.4 Å². The summed E-state index contributed by atoms with van der Waals surface area (Å²) < 4.78 is 28.7. The average molecular weight is 278 g/mol. The number of aryl methyl sites for hydroxylation is 1. The summed E-state index contributed by atoms with van der Waals surface area (Å²) in [7, 11) is 0. The topological polar surface area (TPSA) is 34.9 Å². The van der Waals surface area contributed by atoms with Gasteiger partial charge in [-0.1, -0.05) is 19.9 Å². The third-order valence-electron chi connectivity index (χ3n) is 3.06. The lowest BCUT2D eigenvalue weighted by atomic mass is 10.1. The van der Waals surface area contributed by atoms with Crippen LogP contribution in [0, 0.1) is 17.6 Å². The number of carbonyl (C=O) groups is 1. The van der Waals surface area contributed by atoms with E-state index in [1.807, 2.05) is 0 Å². The van der Waals surface area contributed by atoms with E-state index in [4.69, 9.17) is 0 Å². The van der Waals surface area contributed by atoms with Crippen molar-refractivity contribution in [3.63, 3.8) is 0 Å². The number of rotatable bonds is 5. The summed E-state index contributed by atoms with van der Waals surface area (Å²) in [6.45, 7) is 4.80. The van der Waals surface area contributed by atoms with Crippen LogP contribution in [0.5, 0.6) is 0 Å². The van der Waals surface area contributed by atoms with Crippen molar-refractivity contribution in [1.82, 2.24) is 9.78 Å². The molecular formula is C15H16F2N2O. The van der Waals surface area contributed by atoms with Crippen molar-refractivity contribution >= 4 is 6.29 Å². The summed E-state index contributed by atoms with van der Waals surface area (Å²) in [5.74, 6) is -1.44. The predicted octanol–water partition coefficient (Wildman–Crippen LogP) is 3.69. The molecule has 2 rings (SSSR count). The van der Waals surface area contributed by atoms with Crippen LogP contribution in [0.25, 0.3) is 11.3 Å². The first kappa shape index (κ1) is 14.4. The first-order valence-electron chi connectivity index (χ1n) is 6.50. The fourth-order valence-electron chi connectivity index (χ4n) is 1.92. The molecule has 1 aromatic carbocycles. The summed E-state index contributed by atoms with van der Waals surface area (Å²) in [4.78, 5) is 11.1. The van der Waals surface area contributed by atoms with E-state index in [1.165, 1.54) is 12.1 Å². The highest BCUT2D eigenvalue weighted by Gasteiger charge is 2.17. The van der Waals surface area contributed by atoms with E-state index in [2.05, 4.69) is 18.9 Å². The minimum atomic E-state index is -0.982. The minimum Gasteiger partial charge on any atom is -0.298 e. The molecule has 5 heteroatoms. The Kier molecular flexibility index (Phi) is 4.27. The van der Waals surface area contributed by atoms with E-state index in [-0.39, 0.29) is 16.8 Å². The Morgan fingerprint density at radius 1 is 1.35 bits per heavy atom. The van der Waals surface area contributed by atoms with Gasteiger partial charge < -0.3 is 0 Å². The minimum absolute atomic E-state index is 0.00963. The molecule has 0 fully saturated rings. The van der Waals surface area contributed by atoms with Gasteiger partial charge in [0.1, 0.15) is 5.69 Å². The van der Waals surface area contributed by atoms with Crippen molar-refractivity contribution < 1.29 is 13.6 Å². The molecule has 0 aliphatic rings. The zero-order valence-electron chi connectivity index (χ0n) is 11.4. The summed E-state index contributed by atoms with van der Waals surface area (Å²) in [5.41, 5.74) is 0.453. The Morgan fingerprint density at radius 2 is 2.10 bits per heavy atom. The van der Waals surface area contributed by atoms with Crippen molar-refractivity contribution in [2.75, 3.05) is 0 Å². The molecule has 0 aliphatic carbocycles. The predicted molar refractivity (Wildman–Crippen MR) is 72.4 cm³/mol. The summed E-state index contributed by atoms with van der Waals surface area (Å²) in [5, 5.41) is 4.20. The van der Waals surface area contributed by atoms with Crippen LogP contribution < -0.4 is 0 Å². The Hall–Kier alpha value is -2.04. The molecule has 1 heterocycles. The van der Waals surface area contributed by atoms with Crippen LogP contribution in [-0.2, 0) is 6.54 Å². The number of hydrogen-bond donors (Lipinski definition) is 0. The smallest absolute Gasteiger partial charge is 0.168 e. The number of halogens is 2. The molecule has 3 nitrogen and oxygen atoms in total. The van der Waals surface area contributed by atoms with Gasteiger partial charge in [0.05, 0.1) is 5.56 Å². The second kappa shape index (κ2) is 5.94. The van der Waals surface area contributed by atoms with E-state index in [9.17, 15) is 13.6 Å². The Labute approximate surface area is 116 Å². The maximum Gasteiger partial charge on any atom is 0.168 e. The standard InChI is InChI=1S/C15H16F2N2O/c1-10(2)6-7-19-8-11(9-20)15(18-19)12-4-3-5-13(16)14(12)17/h3-5,8-10H,6-7H2,1-2H3. The summed E-state index contributed by atoms with van der Waals surface area (Å²) in [6.07, 6.45) is 3.07. The van der Waals surface area contributed by atoms with Crippen LogP contribution >= 0.6 is 0 Å². The van der Waals surface area contributed by atoms with Crippen molar-refractivity contribution in [3.05, 3.63) is 41.6 Å². The number of hydrogen-bond acceptors (Lipinski definition) is 2. The molecule has 0 aliphatic heterocycles. The Morgan fingerprint density at radius 3 is 2.75 bits per heavy atom. The van der Waals surface area contributed by atoms with Gasteiger partial charge in [0.25, 0.3) is 0 Å². The Balaban J connectivity index is 2.40. The SMILES string of the molecule is CC(C)CCn1cc(C=O)c(-c2cccc(F)c2F)n1. The second-order valence-electron chi connectivity index (χ2n) is 5.10. The number of carbonyl (C=O) groups excluding carboxylic acids is 1. The quantitative estimate of drug-likeness (QED) is 0.782. The number of benzene rings is 1. The van der Waals surface area contributed by atoms with Crippen LogP contribution in [0.4, 0.5) is 8.78 Å². The highest BCUT2D eigenvalue weighted by molar-refractivity contribution is 5.85. The molecule has 2 aromatic rings. The van der Waals surface area contributed by atoms with Gasteiger partial charge in [-0.15, -0.1) is 0 Å². The summed E-state index contributed by atoms with van der Waals surface area (Å²) in [6, 6.07) is 3.85. The highest BCUT2D eigenvalue weighted by Crippen LogP contribution is 2.25. The lowest BCUT2D eigenvalue weighted by Gasteiger charge is -2.04. The molecule has 0 N–H and O–H groups in total. The second-order valence-corrected chi connectivity index (χ2v) is 5.10. The zero-order valence-corrected chi connectivity index (χ0v) is 11.4. The van der Waals surface area contributed by atoms with Crippen molar-refractivity contribution in [1.29, 1.82) is 0 Å². The lowest BCUT2D eigenvalue weighted by molar-refractivity contribution is 0.112. The normalized spacial score (nSPS) is 11.1. The van der Waals surface area contributed by atoms with Crippen LogP contribution in [0.2, 0.25) is 0 Å². The third-order valence-corrected chi connectivity index (χ3v) is 3.06. The zero-order chi connectivity index (χ0) is 14.7. The molecule has 20 heavy (non-hydrogen) atoms. The number of aromatic nitrogens is 2. The maximum atomic E-state index is 13.8. The van der Waals surface area contributed by atoms with E-state index in [1.54, 1.807) is 10.9 Å². The molecular weight excluding hydrogens is 262 g/mol. The molecule has 0 unspecified atom stereocenters. The fourth-order valence-corrected chi connectivity index (χ4v) is 1.92. The largest absolute Gasteiger partial charge is 0.298 e. The number of aldehydes is 1. The van der Waals surface area contributed by atoms with Gasteiger partial charge in [-0.05, 0) is 24.5 Å². The first-order chi connectivity index (χ1) is 9.52. The Bertz CT molecular complexity index is 620. The summed E-state index contributed by atoms with van der Waals surface area (Å²) >= 11 is 0. The lowest BCUT2D eigenvalue weighted by Crippen LogP contribution is -2.02. The maximum absolute atomic E-state index is 13.8. The van der Waals surface area contributed by atoms with Crippen molar-refractivity contribution in [2.45, 2.75) is 26.8 Å². The molecule has 0 saturated carbocycles. The molecule has 0 spiro atoms. The van der Waals surface area contributed by atoms with Crippen LogP contribution in [-0.4, -0.2) is 16.1 Å². The third kappa shape index (κ3) is 2.92. The van der Waals surface area contributed by atoms with Crippen molar-refractivity contribution in [3.8, 4) is 11.3 Å². The molecule has 0 amide bonds. The molecule has 0 bridgehead atoms. The van der Waals surface area contributed by atoms with Gasteiger partial charge in [-0.2, -0.15) is 5.10 Å². The van der Waals surface area contributed by atoms with Crippen LogP contribution in [0.3, 0.4) is 0 Å². The average Bonchev–Trinajstić information content (AvgIpc) is 2.82. The van der Waals surface area contributed by atoms with Gasteiger partial charge in [0.2, 0.25) is 0 Å². The molecule has 0 atom stereocenters. The van der Waals surface area contributed by atoms with Gasteiger partial charge in [-0.3, -0.25) is 9.48 Å².